The van der Waals surface area contributed by atoms with Crippen molar-refractivity contribution in [1.29, 1.82) is 0 Å². The summed E-state index contributed by atoms with van der Waals surface area (Å²) in [6.45, 7) is 0. The number of para-hydroxylation sites is 1. The van der Waals surface area contributed by atoms with Crippen LogP contribution in [0.2, 0.25) is 5.02 Å². The molecule has 0 unspecified atom stereocenters. The fraction of sp³-hybridized carbons (Fsp3) is 0. The number of amides is 1. The first-order chi connectivity index (χ1) is 8.99. The van der Waals surface area contributed by atoms with Crippen LogP contribution < -0.4 is 11.1 Å². The standard InChI is InChI=1S/C13H9ClF2N2O/c14-9-5-4-7(17)6-8(9)13(19)18-12-10(15)2-1-3-11(12)16/h1-6H,17H2,(H,18,19). The van der Waals surface area contributed by atoms with E-state index in [9.17, 15) is 13.6 Å². The quantitative estimate of drug-likeness (QED) is 0.829. The van der Waals surface area contributed by atoms with E-state index in [0.717, 1.165) is 12.1 Å². The van der Waals surface area contributed by atoms with E-state index in [-0.39, 0.29) is 10.6 Å². The molecule has 0 radical (unpaired) electrons. The average molecular weight is 283 g/mol. The van der Waals surface area contributed by atoms with Gasteiger partial charge in [0.1, 0.15) is 17.3 Å². The Balaban J connectivity index is 2.34. The van der Waals surface area contributed by atoms with E-state index in [0.29, 0.717) is 5.69 Å². The molecule has 3 nitrogen and oxygen atoms in total. The second-order valence-corrected chi connectivity index (χ2v) is 4.20. The molecular formula is C13H9ClF2N2O. The molecule has 3 N–H and O–H groups in total. The number of benzene rings is 2. The predicted molar refractivity (Wildman–Crippen MR) is 70.2 cm³/mol. The molecule has 0 fully saturated rings. The van der Waals surface area contributed by atoms with Crippen molar-refractivity contribution in [2.24, 2.45) is 0 Å². The number of nitrogens with one attached hydrogen (secondary N) is 1. The van der Waals surface area contributed by atoms with Gasteiger partial charge in [0, 0.05) is 5.69 Å². The molecule has 6 heteroatoms. The Hall–Kier alpha value is -2.14. The number of carbonyl (C=O) groups is 1. The van der Waals surface area contributed by atoms with Gasteiger partial charge in [-0.2, -0.15) is 0 Å². The summed E-state index contributed by atoms with van der Waals surface area (Å²) in [5.74, 6) is -2.47. The highest BCUT2D eigenvalue weighted by Crippen LogP contribution is 2.23. The van der Waals surface area contributed by atoms with Crippen molar-refractivity contribution < 1.29 is 13.6 Å². The summed E-state index contributed by atoms with van der Waals surface area (Å²) in [5, 5.41) is 2.28. The van der Waals surface area contributed by atoms with Crippen molar-refractivity contribution in [3.63, 3.8) is 0 Å². The number of halogens is 3. The molecule has 0 heterocycles. The largest absolute Gasteiger partial charge is 0.399 e. The monoisotopic (exact) mass is 282 g/mol. The number of rotatable bonds is 2. The van der Waals surface area contributed by atoms with E-state index in [1.54, 1.807) is 0 Å². The fourth-order valence-electron chi connectivity index (χ4n) is 1.51. The van der Waals surface area contributed by atoms with Crippen LogP contribution in [0.3, 0.4) is 0 Å². The van der Waals surface area contributed by atoms with Gasteiger partial charge < -0.3 is 11.1 Å². The first kappa shape index (κ1) is 13.3. The Morgan fingerprint density at radius 1 is 1.16 bits per heavy atom. The first-order valence-corrected chi connectivity index (χ1v) is 5.67. The number of nitrogens with two attached hydrogens (primary N) is 1. The van der Waals surface area contributed by atoms with Crippen molar-refractivity contribution >= 4 is 28.9 Å². The average Bonchev–Trinajstić information content (AvgIpc) is 2.37. The Labute approximate surface area is 113 Å². The lowest BCUT2D eigenvalue weighted by Crippen LogP contribution is -2.15. The molecule has 0 spiro atoms. The summed E-state index contributed by atoms with van der Waals surface area (Å²) in [5.41, 5.74) is 5.38. The molecule has 0 bridgehead atoms. The molecule has 0 atom stereocenters. The number of hydrogen-bond acceptors (Lipinski definition) is 2. The summed E-state index contributed by atoms with van der Waals surface area (Å²) in [4.78, 5) is 11.9. The van der Waals surface area contributed by atoms with Crippen molar-refractivity contribution in [2.75, 3.05) is 11.1 Å². The lowest BCUT2D eigenvalue weighted by Gasteiger charge is -2.09. The smallest absolute Gasteiger partial charge is 0.257 e. The van der Waals surface area contributed by atoms with Crippen molar-refractivity contribution in [1.82, 2.24) is 0 Å². The third kappa shape index (κ3) is 2.82. The predicted octanol–water partition coefficient (Wildman–Crippen LogP) is 3.45. The molecule has 2 rings (SSSR count). The van der Waals surface area contributed by atoms with Gasteiger partial charge in [0.2, 0.25) is 0 Å². The summed E-state index contributed by atoms with van der Waals surface area (Å²) in [6, 6.07) is 7.57. The van der Waals surface area contributed by atoms with Gasteiger partial charge in [-0.05, 0) is 30.3 Å². The zero-order valence-corrected chi connectivity index (χ0v) is 10.3. The second kappa shape index (κ2) is 5.24. The van der Waals surface area contributed by atoms with Gasteiger partial charge in [-0.25, -0.2) is 8.78 Å². The Kier molecular flexibility index (Phi) is 3.66. The third-order valence-corrected chi connectivity index (χ3v) is 2.77. The van der Waals surface area contributed by atoms with Crippen LogP contribution in [0, 0.1) is 11.6 Å². The topological polar surface area (TPSA) is 55.1 Å². The molecule has 0 aliphatic carbocycles. The highest BCUT2D eigenvalue weighted by Gasteiger charge is 2.15. The van der Waals surface area contributed by atoms with Crippen molar-refractivity contribution in [2.45, 2.75) is 0 Å². The Morgan fingerprint density at radius 2 is 1.79 bits per heavy atom. The zero-order valence-electron chi connectivity index (χ0n) is 9.58. The number of hydrogen-bond donors (Lipinski definition) is 2. The molecular weight excluding hydrogens is 274 g/mol. The molecule has 0 aliphatic rings. The van der Waals surface area contributed by atoms with E-state index in [1.807, 2.05) is 0 Å². The Bertz CT molecular complexity index is 626. The minimum atomic E-state index is -0.867. The summed E-state index contributed by atoms with van der Waals surface area (Å²) in [7, 11) is 0. The number of anilines is 2. The number of nitrogen functional groups attached to an aromatic ring is 1. The summed E-state index contributed by atoms with van der Waals surface area (Å²) >= 11 is 5.83. The maximum atomic E-state index is 13.4. The van der Waals surface area contributed by atoms with Gasteiger partial charge in [0.05, 0.1) is 10.6 Å². The maximum absolute atomic E-state index is 13.4. The van der Waals surface area contributed by atoms with E-state index in [4.69, 9.17) is 17.3 Å². The highest BCUT2D eigenvalue weighted by molar-refractivity contribution is 6.34. The van der Waals surface area contributed by atoms with Crippen LogP contribution in [0.1, 0.15) is 10.4 Å². The van der Waals surface area contributed by atoms with Gasteiger partial charge in [-0.3, -0.25) is 4.79 Å². The minimum absolute atomic E-state index is 0.0457. The highest BCUT2D eigenvalue weighted by atomic mass is 35.5. The summed E-state index contributed by atoms with van der Waals surface area (Å²) < 4.78 is 26.8. The van der Waals surface area contributed by atoms with Gasteiger partial charge in [-0.15, -0.1) is 0 Å². The van der Waals surface area contributed by atoms with Gasteiger partial charge in [-0.1, -0.05) is 17.7 Å². The van der Waals surface area contributed by atoms with E-state index in [1.165, 1.54) is 24.3 Å². The second-order valence-electron chi connectivity index (χ2n) is 3.79. The van der Waals surface area contributed by atoms with E-state index >= 15 is 0 Å². The molecule has 1 amide bonds. The lowest BCUT2D eigenvalue weighted by atomic mass is 10.2. The minimum Gasteiger partial charge on any atom is -0.399 e. The van der Waals surface area contributed by atoms with Crippen LogP contribution in [0.4, 0.5) is 20.2 Å². The molecule has 0 aromatic heterocycles. The van der Waals surface area contributed by atoms with Crippen molar-refractivity contribution in [3.8, 4) is 0 Å². The Morgan fingerprint density at radius 3 is 2.42 bits per heavy atom. The van der Waals surface area contributed by atoms with Gasteiger partial charge in [0.15, 0.2) is 0 Å². The van der Waals surface area contributed by atoms with Gasteiger partial charge in [0.25, 0.3) is 5.91 Å². The van der Waals surface area contributed by atoms with Crippen LogP contribution in [0.5, 0.6) is 0 Å². The molecule has 98 valence electrons. The lowest BCUT2D eigenvalue weighted by molar-refractivity contribution is 0.102. The molecule has 19 heavy (non-hydrogen) atoms. The van der Waals surface area contributed by atoms with Crippen LogP contribution in [0.15, 0.2) is 36.4 Å². The molecule has 0 saturated heterocycles. The maximum Gasteiger partial charge on any atom is 0.257 e. The molecule has 0 saturated carbocycles. The van der Waals surface area contributed by atoms with Crippen LogP contribution in [-0.4, -0.2) is 5.91 Å². The number of carbonyl (C=O) groups excluding carboxylic acids is 1. The van der Waals surface area contributed by atoms with Crippen LogP contribution in [0.25, 0.3) is 0 Å². The van der Waals surface area contributed by atoms with Crippen LogP contribution >= 0.6 is 11.6 Å². The molecule has 2 aromatic carbocycles. The summed E-state index contributed by atoms with van der Waals surface area (Å²) in [6.07, 6.45) is 0. The molecule has 0 aliphatic heterocycles. The van der Waals surface area contributed by atoms with Gasteiger partial charge >= 0.3 is 0 Å². The van der Waals surface area contributed by atoms with E-state index < -0.39 is 23.2 Å². The van der Waals surface area contributed by atoms with Crippen LogP contribution in [-0.2, 0) is 0 Å². The third-order valence-electron chi connectivity index (χ3n) is 2.44. The fourth-order valence-corrected chi connectivity index (χ4v) is 1.72. The first-order valence-electron chi connectivity index (χ1n) is 5.29. The normalized spacial score (nSPS) is 10.3. The van der Waals surface area contributed by atoms with E-state index in [2.05, 4.69) is 5.32 Å². The molecule has 2 aromatic rings. The SMILES string of the molecule is Nc1ccc(Cl)c(C(=O)Nc2c(F)cccc2F)c1. The van der Waals surface area contributed by atoms with Crippen molar-refractivity contribution in [3.05, 3.63) is 58.6 Å². The zero-order chi connectivity index (χ0) is 14.0.